The van der Waals surface area contributed by atoms with Gasteiger partial charge in [0.25, 0.3) is 0 Å². The van der Waals surface area contributed by atoms with Gasteiger partial charge in [0, 0.05) is 0 Å². The molecule has 0 bridgehead atoms. The molecule has 0 aliphatic heterocycles. The molecular formula is C33H58Si. The van der Waals surface area contributed by atoms with Crippen molar-refractivity contribution in [1.82, 2.24) is 0 Å². The van der Waals surface area contributed by atoms with E-state index in [1.165, 1.54) is 67.2 Å². The van der Waals surface area contributed by atoms with E-state index < -0.39 is 8.07 Å². The van der Waals surface area contributed by atoms with Crippen molar-refractivity contribution in [3.8, 4) is 0 Å². The van der Waals surface area contributed by atoms with Crippen molar-refractivity contribution in [3.63, 3.8) is 0 Å². The van der Waals surface area contributed by atoms with Crippen molar-refractivity contribution in [3.05, 3.63) is 70.4 Å². The third-order valence-corrected chi connectivity index (χ3v) is 11.0. The first-order valence-corrected chi connectivity index (χ1v) is 17.2. The van der Waals surface area contributed by atoms with Gasteiger partial charge in [0.05, 0.1) is 8.07 Å². The predicted octanol–water partition coefficient (Wildman–Crippen LogP) is 11.9. The van der Waals surface area contributed by atoms with Gasteiger partial charge >= 0.3 is 0 Å². The Morgan fingerprint density at radius 3 is 1.44 bits per heavy atom. The molecule has 0 saturated heterocycles. The summed E-state index contributed by atoms with van der Waals surface area (Å²) >= 11 is 0. The van der Waals surface area contributed by atoms with Gasteiger partial charge in [-0.15, -0.1) is 0 Å². The fourth-order valence-corrected chi connectivity index (χ4v) is 5.47. The topological polar surface area (TPSA) is 0 Å². The van der Waals surface area contributed by atoms with Gasteiger partial charge in [-0.25, -0.2) is 0 Å². The second kappa shape index (κ2) is 17.1. The lowest BCUT2D eigenvalue weighted by molar-refractivity contribution is 0.648. The second-order valence-corrected chi connectivity index (χ2v) is 17.8. The molecule has 0 N–H and O–H groups in total. The Hall–Kier alpha value is -1.34. The molecule has 0 radical (unpaired) electrons. The van der Waals surface area contributed by atoms with Gasteiger partial charge < -0.3 is 0 Å². The molecule has 0 aromatic heterocycles. The summed E-state index contributed by atoms with van der Waals surface area (Å²) in [7, 11) is -1.31. The summed E-state index contributed by atoms with van der Waals surface area (Å²) in [4.78, 5) is 0. The highest BCUT2D eigenvalue weighted by Gasteiger charge is 2.35. The van der Waals surface area contributed by atoms with Gasteiger partial charge in [-0.3, -0.25) is 0 Å². The molecule has 0 aliphatic carbocycles. The first-order chi connectivity index (χ1) is 15.8. The van der Waals surface area contributed by atoms with Gasteiger partial charge in [0.1, 0.15) is 0 Å². The highest BCUT2D eigenvalue weighted by molar-refractivity contribution is 6.79. The van der Waals surface area contributed by atoms with E-state index in [0.29, 0.717) is 5.04 Å². The normalized spacial score (nSPS) is 15.4. The van der Waals surface area contributed by atoms with Gasteiger partial charge in [0.15, 0.2) is 0 Å². The van der Waals surface area contributed by atoms with Crippen LogP contribution in [0, 0.1) is 0 Å². The molecule has 0 spiro atoms. The maximum atomic E-state index is 2.56. The maximum Gasteiger partial charge on any atom is 0.0545 e. The van der Waals surface area contributed by atoms with Crippen LogP contribution < -0.4 is 0 Å². The number of allylic oxidation sites excluding steroid dienone is 12. The number of rotatable bonds is 16. The number of hydrogen-bond acceptors (Lipinski definition) is 0. The lowest BCUT2D eigenvalue weighted by atomic mass is 10.0. The van der Waals surface area contributed by atoms with Crippen LogP contribution in [0.25, 0.3) is 0 Å². The average Bonchev–Trinajstić information content (AvgIpc) is 2.70. The second-order valence-electron chi connectivity index (χ2n) is 12.2. The molecule has 0 heterocycles. The monoisotopic (exact) mass is 482 g/mol. The summed E-state index contributed by atoms with van der Waals surface area (Å²) in [5.74, 6) is 0. The van der Waals surface area contributed by atoms with E-state index in [4.69, 9.17) is 0 Å². The standard InChI is InChI=1S/C33H58Si/c1-28(2)18-14-21-30(5)20-12-13-26-33(8,34(9,10)11)27-17-25-32(7)24-16-23-31(6)22-15-19-29(3)4/h13,18-20,23,25-26H,12,14-17,21-22,24,27H2,1-11H3/b26-13+,30-20+,31-23+,32-25+. The van der Waals surface area contributed by atoms with Gasteiger partial charge in [-0.2, -0.15) is 0 Å². The fraction of sp³-hybridized carbons (Fsp3) is 0.636. The van der Waals surface area contributed by atoms with Crippen molar-refractivity contribution in [1.29, 1.82) is 0 Å². The van der Waals surface area contributed by atoms with Crippen LogP contribution in [0.2, 0.25) is 24.7 Å². The van der Waals surface area contributed by atoms with Crippen LogP contribution in [-0.4, -0.2) is 8.07 Å². The highest BCUT2D eigenvalue weighted by atomic mass is 28.3. The zero-order chi connectivity index (χ0) is 26.2. The highest BCUT2D eigenvalue weighted by Crippen LogP contribution is 2.44. The smallest absolute Gasteiger partial charge is 0.0545 e. The largest absolute Gasteiger partial charge is 0.0856 e. The Kier molecular flexibility index (Phi) is 16.5. The molecule has 0 aromatic carbocycles. The first-order valence-electron chi connectivity index (χ1n) is 13.7. The quantitative estimate of drug-likeness (QED) is 0.151. The van der Waals surface area contributed by atoms with E-state index in [1.807, 2.05) is 0 Å². The van der Waals surface area contributed by atoms with Crippen molar-refractivity contribution in [2.24, 2.45) is 0 Å². The van der Waals surface area contributed by atoms with E-state index in [2.05, 4.69) is 118 Å². The molecule has 1 heteroatoms. The minimum atomic E-state index is -1.31. The lowest BCUT2D eigenvalue weighted by Crippen LogP contribution is -2.36. The minimum absolute atomic E-state index is 0.342. The van der Waals surface area contributed by atoms with E-state index in [0.717, 1.165) is 12.8 Å². The SMILES string of the molecule is CC(C)=CCC/C(C)=C/C/C=C/C(C)(CC/C=C(\C)CC/C=C(\C)CCC=C(C)C)[Si](C)(C)C. The summed E-state index contributed by atoms with van der Waals surface area (Å²) in [5.41, 5.74) is 7.43. The van der Waals surface area contributed by atoms with Gasteiger partial charge in [0.2, 0.25) is 0 Å². The zero-order valence-electron chi connectivity index (χ0n) is 24.9. The molecule has 0 amide bonds. The van der Waals surface area contributed by atoms with Crippen molar-refractivity contribution >= 4 is 8.07 Å². The molecule has 0 nitrogen and oxygen atoms in total. The molecule has 0 saturated carbocycles. The van der Waals surface area contributed by atoms with Crippen LogP contribution in [0.4, 0.5) is 0 Å². The third-order valence-electron chi connectivity index (χ3n) is 7.17. The molecule has 1 atom stereocenters. The van der Waals surface area contributed by atoms with Crippen LogP contribution in [0.15, 0.2) is 70.4 Å². The summed E-state index contributed by atoms with van der Waals surface area (Å²) < 4.78 is 0. The summed E-state index contributed by atoms with van der Waals surface area (Å²) in [6.45, 7) is 25.7. The van der Waals surface area contributed by atoms with Crippen molar-refractivity contribution < 1.29 is 0 Å². The van der Waals surface area contributed by atoms with Gasteiger partial charge in [-0.05, 0) is 111 Å². The Morgan fingerprint density at radius 2 is 1.00 bits per heavy atom. The lowest BCUT2D eigenvalue weighted by Gasteiger charge is -2.38. The summed E-state index contributed by atoms with van der Waals surface area (Å²) in [5, 5.41) is 0.342. The average molecular weight is 483 g/mol. The maximum absolute atomic E-state index is 2.56. The number of hydrogen-bond donors (Lipinski definition) is 0. The summed E-state index contributed by atoms with van der Waals surface area (Å²) in [6.07, 6.45) is 27.6. The molecule has 0 fully saturated rings. The Bertz CT molecular complexity index is 753. The molecule has 194 valence electrons. The van der Waals surface area contributed by atoms with Gasteiger partial charge in [-0.1, -0.05) is 97.0 Å². The molecule has 0 aromatic rings. The third kappa shape index (κ3) is 16.3. The fourth-order valence-electron chi connectivity index (χ4n) is 3.95. The first kappa shape index (κ1) is 32.7. The van der Waals surface area contributed by atoms with E-state index >= 15 is 0 Å². The van der Waals surface area contributed by atoms with Crippen LogP contribution in [0.3, 0.4) is 0 Å². The summed E-state index contributed by atoms with van der Waals surface area (Å²) in [6, 6.07) is 0. The molecular weight excluding hydrogens is 424 g/mol. The van der Waals surface area contributed by atoms with Crippen molar-refractivity contribution in [2.45, 2.75) is 138 Å². The Morgan fingerprint density at radius 1 is 0.588 bits per heavy atom. The zero-order valence-corrected chi connectivity index (χ0v) is 25.9. The van der Waals surface area contributed by atoms with E-state index in [-0.39, 0.29) is 0 Å². The van der Waals surface area contributed by atoms with E-state index in [9.17, 15) is 0 Å². The predicted molar refractivity (Wildman–Crippen MR) is 163 cm³/mol. The minimum Gasteiger partial charge on any atom is -0.0856 e. The molecule has 1 unspecified atom stereocenters. The van der Waals surface area contributed by atoms with E-state index in [1.54, 1.807) is 5.57 Å². The molecule has 34 heavy (non-hydrogen) atoms. The van der Waals surface area contributed by atoms with Crippen molar-refractivity contribution in [2.75, 3.05) is 0 Å². The van der Waals surface area contributed by atoms with Crippen LogP contribution >= 0.6 is 0 Å². The van der Waals surface area contributed by atoms with Crippen LogP contribution in [0.5, 0.6) is 0 Å². The molecule has 0 rings (SSSR count). The Balaban J connectivity index is 4.75. The van der Waals surface area contributed by atoms with Crippen LogP contribution in [-0.2, 0) is 0 Å². The van der Waals surface area contributed by atoms with Crippen LogP contribution in [0.1, 0.15) is 113 Å². The Labute approximate surface area is 216 Å². The molecule has 0 aliphatic rings.